The summed E-state index contributed by atoms with van der Waals surface area (Å²) < 4.78 is 4.67. The molecule has 4 heteroatoms. The van der Waals surface area contributed by atoms with Gasteiger partial charge in [-0.15, -0.1) is 0 Å². The van der Waals surface area contributed by atoms with Gasteiger partial charge in [0.1, 0.15) is 0 Å². The van der Waals surface area contributed by atoms with Crippen molar-refractivity contribution >= 4 is 17.3 Å². The summed E-state index contributed by atoms with van der Waals surface area (Å²) >= 11 is 0. The van der Waals surface area contributed by atoms with Crippen LogP contribution in [0.3, 0.4) is 0 Å². The highest BCUT2D eigenvalue weighted by atomic mass is 16.5. The topological polar surface area (TPSA) is 64.3 Å². The van der Waals surface area contributed by atoms with Crippen molar-refractivity contribution in [2.24, 2.45) is 5.92 Å². The number of carbonyl (C=O) groups excluding carboxylic acids is 1. The maximum atomic E-state index is 11.5. The third-order valence-corrected chi connectivity index (χ3v) is 2.85. The fourth-order valence-corrected chi connectivity index (χ4v) is 1.44. The number of ether oxygens (including phenoxy) is 1. The molecule has 1 unspecified atom stereocenters. The Morgan fingerprint density at radius 3 is 2.82 bits per heavy atom. The van der Waals surface area contributed by atoms with Crippen LogP contribution in [0.15, 0.2) is 18.2 Å². The fraction of sp³-hybridized carbons (Fsp3) is 0.462. The standard InChI is InChI=1S/C13H20N2O2/c1-4-9(2)8-15-11-7-5-6-10(12(11)14)13(16)17-3/h5-7,9,15H,4,8,14H2,1-3H3. The van der Waals surface area contributed by atoms with E-state index in [2.05, 4.69) is 23.9 Å². The molecule has 0 saturated heterocycles. The Morgan fingerprint density at radius 2 is 2.24 bits per heavy atom. The average Bonchev–Trinajstić information content (AvgIpc) is 2.36. The molecule has 94 valence electrons. The number of carbonyl (C=O) groups is 1. The van der Waals surface area contributed by atoms with Gasteiger partial charge in [0.05, 0.1) is 24.0 Å². The molecule has 3 N–H and O–H groups in total. The van der Waals surface area contributed by atoms with E-state index >= 15 is 0 Å². The van der Waals surface area contributed by atoms with Crippen LogP contribution in [0.25, 0.3) is 0 Å². The number of nitrogens with two attached hydrogens (primary N) is 1. The number of hydrogen-bond acceptors (Lipinski definition) is 4. The van der Waals surface area contributed by atoms with Crippen molar-refractivity contribution in [3.63, 3.8) is 0 Å². The van der Waals surface area contributed by atoms with E-state index < -0.39 is 5.97 Å². The molecule has 0 spiro atoms. The van der Waals surface area contributed by atoms with Crippen molar-refractivity contribution in [3.8, 4) is 0 Å². The van der Waals surface area contributed by atoms with Gasteiger partial charge in [0.2, 0.25) is 0 Å². The van der Waals surface area contributed by atoms with E-state index in [1.807, 2.05) is 6.07 Å². The molecule has 1 aromatic carbocycles. The van der Waals surface area contributed by atoms with Crippen molar-refractivity contribution in [1.29, 1.82) is 0 Å². The van der Waals surface area contributed by atoms with Crippen molar-refractivity contribution in [2.45, 2.75) is 20.3 Å². The molecule has 0 radical (unpaired) electrons. The number of nitrogens with one attached hydrogen (secondary N) is 1. The molecule has 1 aromatic rings. The first kappa shape index (κ1) is 13.4. The molecule has 17 heavy (non-hydrogen) atoms. The summed E-state index contributed by atoms with van der Waals surface area (Å²) in [5.74, 6) is 0.158. The summed E-state index contributed by atoms with van der Waals surface area (Å²) in [6.07, 6.45) is 1.10. The van der Waals surface area contributed by atoms with Gasteiger partial charge in [0.25, 0.3) is 0 Å². The summed E-state index contributed by atoms with van der Waals surface area (Å²) in [5, 5.41) is 3.25. The van der Waals surface area contributed by atoms with E-state index in [1.54, 1.807) is 12.1 Å². The number of benzene rings is 1. The lowest BCUT2D eigenvalue weighted by Crippen LogP contribution is -2.13. The zero-order valence-electron chi connectivity index (χ0n) is 10.6. The van der Waals surface area contributed by atoms with Crippen LogP contribution in [0.2, 0.25) is 0 Å². The average molecular weight is 236 g/mol. The molecule has 1 rings (SSSR count). The lowest BCUT2D eigenvalue weighted by molar-refractivity contribution is 0.0602. The molecule has 0 aromatic heterocycles. The molecule has 0 aliphatic heterocycles. The second-order valence-electron chi connectivity index (χ2n) is 4.15. The maximum Gasteiger partial charge on any atom is 0.340 e. The molecule has 4 nitrogen and oxygen atoms in total. The second-order valence-corrected chi connectivity index (χ2v) is 4.15. The first-order valence-corrected chi connectivity index (χ1v) is 5.80. The van der Waals surface area contributed by atoms with Crippen LogP contribution < -0.4 is 11.1 Å². The molecule has 0 heterocycles. The minimum Gasteiger partial charge on any atom is -0.465 e. The summed E-state index contributed by atoms with van der Waals surface area (Å²) in [6.45, 7) is 5.14. The normalized spacial score (nSPS) is 11.9. The van der Waals surface area contributed by atoms with Gasteiger partial charge in [-0.1, -0.05) is 26.3 Å². The molecular weight excluding hydrogens is 216 g/mol. The van der Waals surface area contributed by atoms with Crippen LogP contribution >= 0.6 is 0 Å². The van der Waals surface area contributed by atoms with Gasteiger partial charge >= 0.3 is 5.97 Å². The number of methoxy groups -OCH3 is 1. The van der Waals surface area contributed by atoms with Crippen LogP contribution in [0.5, 0.6) is 0 Å². The Balaban J connectivity index is 2.83. The van der Waals surface area contributed by atoms with Gasteiger partial charge < -0.3 is 15.8 Å². The predicted octanol–water partition coefficient (Wildman–Crippen LogP) is 2.51. The molecule has 0 aliphatic carbocycles. The van der Waals surface area contributed by atoms with E-state index in [0.717, 1.165) is 18.7 Å². The highest BCUT2D eigenvalue weighted by Crippen LogP contribution is 2.23. The van der Waals surface area contributed by atoms with Crippen molar-refractivity contribution in [3.05, 3.63) is 23.8 Å². The van der Waals surface area contributed by atoms with Crippen LogP contribution in [0, 0.1) is 5.92 Å². The first-order chi connectivity index (χ1) is 8.10. The van der Waals surface area contributed by atoms with E-state index in [-0.39, 0.29) is 0 Å². The Labute approximate surface area is 102 Å². The third kappa shape index (κ3) is 3.37. The monoisotopic (exact) mass is 236 g/mol. The number of hydrogen-bond donors (Lipinski definition) is 2. The molecule has 0 bridgehead atoms. The minimum atomic E-state index is -0.408. The number of esters is 1. The van der Waals surface area contributed by atoms with Crippen LogP contribution in [-0.2, 0) is 4.74 Å². The first-order valence-electron chi connectivity index (χ1n) is 5.80. The summed E-state index contributed by atoms with van der Waals surface area (Å²) in [5.41, 5.74) is 7.56. The summed E-state index contributed by atoms with van der Waals surface area (Å²) in [6, 6.07) is 5.32. The lowest BCUT2D eigenvalue weighted by Gasteiger charge is -2.14. The van der Waals surface area contributed by atoms with E-state index in [0.29, 0.717) is 17.2 Å². The quantitative estimate of drug-likeness (QED) is 0.609. The molecule has 0 aliphatic rings. The Kier molecular flexibility index (Phi) is 4.82. The maximum absolute atomic E-state index is 11.5. The van der Waals surface area contributed by atoms with E-state index in [1.165, 1.54) is 7.11 Å². The van der Waals surface area contributed by atoms with Crippen LogP contribution in [-0.4, -0.2) is 19.6 Å². The molecule has 0 amide bonds. The van der Waals surface area contributed by atoms with Crippen molar-refractivity contribution < 1.29 is 9.53 Å². The SMILES string of the molecule is CCC(C)CNc1cccc(C(=O)OC)c1N. The van der Waals surface area contributed by atoms with Gasteiger partial charge in [-0.05, 0) is 18.1 Å². The van der Waals surface area contributed by atoms with E-state index in [4.69, 9.17) is 5.73 Å². The summed E-state index contributed by atoms with van der Waals surface area (Å²) in [4.78, 5) is 11.5. The van der Waals surface area contributed by atoms with Crippen molar-refractivity contribution in [2.75, 3.05) is 24.7 Å². The van der Waals surface area contributed by atoms with Gasteiger partial charge in [-0.3, -0.25) is 0 Å². The molecule has 0 saturated carbocycles. The van der Waals surface area contributed by atoms with Gasteiger partial charge in [-0.2, -0.15) is 0 Å². The lowest BCUT2D eigenvalue weighted by atomic mass is 10.1. The smallest absolute Gasteiger partial charge is 0.340 e. The summed E-state index contributed by atoms with van der Waals surface area (Å²) in [7, 11) is 1.35. The van der Waals surface area contributed by atoms with Gasteiger partial charge in [-0.25, -0.2) is 4.79 Å². The molecule has 1 atom stereocenters. The highest BCUT2D eigenvalue weighted by Gasteiger charge is 2.12. The second kappa shape index (κ2) is 6.13. The Morgan fingerprint density at radius 1 is 1.53 bits per heavy atom. The molecule has 0 fully saturated rings. The minimum absolute atomic E-state index is 0.404. The number of nitrogen functional groups attached to an aromatic ring is 1. The number of para-hydroxylation sites is 1. The Hall–Kier alpha value is -1.71. The number of rotatable bonds is 5. The number of anilines is 2. The highest BCUT2D eigenvalue weighted by molar-refractivity contribution is 5.98. The third-order valence-electron chi connectivity index (χ3n) is 2.85. The zero-order chi connectivity index (χ0) is 12.8. The van der Waals surface area contributed by atoms with Gasteiger partial charge in [0, 0.05) is 6.54 Å². The largest absolute Gasteiger partial charge is 0.465 e. The predicted molar refractivity (Wildman–Crippen MR) is 70.1 cm³/mol. The molecular formula is C13H20N2O2. The Bertz CT molecular complexity index is 391. The zero-order valence-corrected chi connectivity index (χ0v) is 10.6. The van der Waals surface area contributed by atoms with Crippen LogP contribution in [0.4, 0.5) is 11.4 Å². The fourth-order valence-electron chi connectivity index (χ4n) is 1.44. The van der Waals surface area contributed by atoms with E-state index in [9.17, 15) is 4.79 Å². The van der Waals surface area contributed by atoms with Crippen LogP contribution in [0.1, 0.15) is 30.6 Å². The van der Waals surface area contributed by atoms with Crippen molar-refractivity contribution in [1.82, 2.24) is 0 Å². The van der Waals surface area contributed by atoms with Gasteiger partial charge in [0.15, 0.2) is 0 Å².